The molecule has 108 valence electrons. The molecular weight excluding hydrogens is 310 g/mol. The Balaban J connectivity index is 2.12. The lowest BCUT2D eigenvalue weighted by Crippen LogP contribution is -2.11. The van der Waals surface area contributed by atoms with Crippen molar-refractivity contribution in [2.24, 2.45) is 5.84 Å². The van der Waals surface area contributed by atoms with E-state index in [4.69, 9.17) is 11.6 Å². The van der Waals surface area contributed by atoms with Crippen LogP contribution in [0.1, 0.15) is 4.88 Å². The Morgan fingerprint density at radius 2 is 2.14 bits per heavy atom. The second-order valence-electron chi connectivity index (χ2n) is 4.15. The third-order valence-electron chi connectivity index (χ3n) is 2.54. The molecule has 0 fully saturated rings. The third kappa shape index (κ3) is 2.82. The highest BCUT2D eigenvalue weighted by molar-refractivity contribution is 7.99. The van der Waals surface area contributed by atoms with E-state index >= 15 is 0 Å². The average Bonchev–Trinajstić information content (AvgIpc) is 2.78. The molecule has 21 heavy (non-hydrogen) atoms. The van der Waals surface area contributed by atoms with Gasteiger partial charge in [-0.15, -0.1) is 11.3 Å². The SMILES string of the molecule is Cc1cc2c(Sc3nc(N)cc(=O)[nH]3)nc(NN)nc2s1. The zero-order chi connectivity index (χ0) is 15.0. The van der Waals surface area contributed by atoms with Crippen molar-refractivity contribution in [2.75, 3.05) is 11.2 Å². The van der Waals surface area contributed by atoms with Crippen LogP contribution in [0, 0.1) is 6.92 Å². The van der Waals surface area contributed by atoms with E-state index in [1.54, 1.807) is 0 Å². The summed E-state index contributed by atoms with van der Waals surface area (Å²) < 4.78 is 0. The van der Waals surface area contributed by atoms with Gasteiger partial charge in [0.1, 0.15) is 15.7 Å². The van der Waals surface area contributed by atoms with Crippen LogP contribution < -0.4 is 22.6 Å². The van der Waals surface area contributed by atoms with Gasteiger partial charge in [0.05, 0.1) is 0 Å². The fraction of sp³-hybridized carbons (Fsp3) is 0.0909. The van der Waals surface area contributed by atoms with Gasteiger partial charge in [-0.25, -0.2) is 20.8 Å². The third-order valence-corrected chi connectivity index (χ3v) is 4.38. The van der Waals surface area contributed by atoms with Crippen LogP contribution in [0.4, 0.5) is 11.8 Å². The molecule has 0 aliphatic carbocycles. The predicted octanol–water partition coefficient (Wildman–Crippen LogP) is 1.10. The first kappa shape index (κ1) is 13.8. The average molecular weight is 321 g/mol. The van der Waals surface area contributed by atoms with Gasteiger partial charge >= 0.3 is 0 Å². The first-order valence-electron chi connectivity index (χ1n) is 5.84. The lowest BCUT2D eigenvalue weighted by atomic mass is 10.4. The van der Waals surface area contributed by atoms with Gasteiger partial charge in [0.2, 0.25) is 5.95 Å². The number of nitrogens with two attached hydrogens (primary N) is 2. The molecule has 8 nitrogen and oxygen atoms in total. The molecule has 0 saturated carbocycles. The van der Waals surface area contributed by atoms with Crippen molar-refractivity contribution in [1.82, 2.24) is 19.9 Å². The minimum Gasteiger partial charge on any atom is -0.383 e. The summed E-state index contributed by atoms with van der Waals surface area (Å²) in [4.78, 5) is 28.6. The number of rotatable bonds is 3. The topological polar surface area (TPSA) is 136 Å². The number of aromatic nitrogens is 4. The fourth-order valence-corrected chi connectivity index (χ4v) is 3.58. The van der Waals surface area contributed by atoms with Crippen LogP contribution in [0.25, 0.3) is 10.2 Å². The van der Waals surface area contributed by atoms with Crippen molar-refractivity contribution in [3.63, 3.8) is 0 Å². The second kappa shape index (κ2) is 5.31. The first-order valence-corrected chi connectivity index (χ1v) is 7.48. The maximum atomic E-state index is 11.4. The standard InChI is InChI=1S/C11H11N7OS2/c1-4-2-5-8(20-4)16-10(18-13)17-9(5)21-11-14-6(12)3-7(19)15-11/h2-3H,13H2,1H3,(H,16,17,18)(H3,12,14,15,19). The number of hydrazine groups is 1. The quantitative estimate of drug-likeness (QED) is 0.244. The highest BCUT2D eigenvalue weighted by atomic mass is 32.2. The van der Waals surface area contributed by atoms with Crippen molar-refractivity contribution in [3.8, 4) is 0 Å². The van der Waals surface area contributed by atoms with Crippen molar-refractivity contribution in [1.29, 1.82) is 0 Å². The Labute approximate surface area is 127 Å². The van der Waals surface area contributed by atoms with Gasteiger partial charge in [0.15, 0.2) is 5.16 Å². The maximum Gasteiger partial charge on any atom is 0.253 e. The largest absolute Gasteiger partial charge is 0.383 e. The molecule has 0 radical (unpaired) electrons. The van der Waals surface area contributed by atoms with E-state index in [0.29, 0.717) is 16.1 Å². The number of thiophene rings is 1. The molecule has 3 rings (SSSR count). The van der Waals surface area contributed by atoms with Crippen LogP contribution in [0.5, 0.6) is 0 Å². The molecule has 0 amide bonds. The predicted molar refractivity (Wildman–Crippen MR) is 83.4 cm³/mol. The van der Waals surface area contributed by atoms with E-state index in [2.05, 4.69) is 25.4 Å². The van der Waals surface area contributed by atoms with Crippen molar-refractivity contribution < 1.29 is 0 Å². The van der Waals surface area contributed by atoms with Gasteiger partial charge in [0.25, 0.3) is 5.56 Å². The number of H-pyrrole nitrogens is 1. The molecule has 3 aromatic rings. The van der Waals surface area contributed by atoms with Gasteiger partial charge in [-0.3, -0.25) is 10.2 Å². The van der Waals surface area contributed by atoms with Gasteiger partial charge in [0, 0.05) is 16.3 Å². The zero-order valence-electron chi connectivity index (χ0n) is 10.9. The minimum absolute atomic E-state index is 0.158. The molecule has 0 unspecified atom stereocenters. The second-order valence-corrected chi connectivity index (χ2v) is 6.36. The van der Waals surface area contributed by atoms with Crippen LogP contribution in [-0.4, -0.2) is 19.9 Å². The molecule has 10 heteroatoms. The van der Waals surface area contributed by atoms with Crippen LogP contribution in [0.2, 0.25) is 0 Å². The highest BCUT2D eigenvalue weighted by Gasteiger charge is 2.13. The molecular formula is C11H11N7OS2. The molecule has 0 spiro atoms. The Morgan fingerprint density at radius 3 is 2.86 bits per heavy atom. The molecule has 3 heterocycles. The number of nitrogens with zero attached hydrogens (tertiary/aromatic N) is 3. The summed E-state index contributed by atoms with van der Waals surface area (Å²) in [6.07, 6.45) is 0. The van der Waals surface area contributed by atoms with Crippen molar-refractivity contribution in [3.05, 3.63) is 27.4 Å². The Bertz CT molecular complexity index is 873. The fourth-order valence-electron chi connectivity index (χ4n) is 1.75. The number of nitrogen functional groups attached to an aromatic ring is 2. The van der Waals surface area contributed by atoms with E-state index in [1.165, 1.54) is 29.2 Å². The molecule has 0 aliphatic heterocycles. The number of anilines is 2. The van der Waals surface area contributed by atoms with Crippen LogP contribution in [0.3, 0.4) is 0 Å². The number of aromatic amines is 1. The molecule has 0 aliphatic rings. The summed E-state index contributed by atoms with van der Waals surface area (Å²) >= 11 is 2.74. The summed E-state index contributed by atoms with van der Waals surface area (Å²) in [5.41, 5.74) is 7.70. The smallest absolute Gasteiger partial charge is 0.253 e. The van der Waals surface area contributed by atoms with E-state index in [1.807, 2.05) is 13.0 Å². The van der Waals surface area contributed by atoms with Crippen LogP contribution in [-0.2, 0) is 0 Å². The number of fused-ring (bicyclic) bond motifs is 1. The summed E-state index contributed by atoms with van der Waals surface area (Å²) in [6, 6.07) is 3.20. The molecule has 0 saturated heterocycles. The van der Waals surface area contributed by atoms with E-state index < -0.39 is 0 Å². The number of hydrogen-bond donors (Lipinski definition) is 4. The van der Waals surface area contributed by atoms with E-state index in [9.17, 15) is 4.79 Å². The van der Waals surface area contributed by atoms with E-state index in [0.717, 1.165) is 15.1 Å². The van der Waals surface area contributed by atoms with Gasteiger partial charge in [-0.2, -0.15) is 0 Å². The minimum atomic E-state index is -0.311. The molecule has 6 N–H and O–H groups in total. The van der Waals surface area contributed by atoms with Gasteiger partial charge in [-0.05, 0) is 24.8 Å². The molecule has 0 bridgehead atoms. The number of nitrogens with one attached hydrogen (secondary N) is 2. The number of hydrogen-bond acceptors (Lipinski definition) is 9. The Kier molecular flexibility index (Phi) is 3.49. The van der Waals surface area contributed by atoms with Crippen LogP contribution in [0.15, 0.2) is 27.1 Å². The highest BCUT2D eigenvalue weighted by Crippen LogP contribution is 2.34. The molecule has 0 aromatic carbocycles. The zero-order valence-corrected chi connectivity index (χ0v) is 12.5. The lowest BCUT2D eigenvalue weighted by Gasteiger charge is -2.04. The number of aryl methyl sites for hydroxylation is 1. The lowest BCUT2D eigenvalue weighted by molar-refractivity contribution is 0.940. The molecule has 3 aromatic heterocycles. The normalized spacial score (nSPS) is 11.0. The van der Waals surface area contributed by atoms with Gasteiger partial charge < -0.3 is 10.7 Å². The van der Waals surface area contributed by atoms with Crippen LogP contribution >= 0.6 is 23.1 Å². The first-order chi connectivity index (χ1) is 10.0. The summed E-state index contributed by atoms with van der Waals surface area (Å²) in [5, 5.41) is 1.89. The maximum absolute atomic E-state index is 11.4. The Morgan fingerprint density at radius 1 is 1.33 bits per heavy atom. The summed E-state index contributed by atoms with van der Waals surface area (Å²) in [5.74, 6) is 5.85. The van der Waals surface area contributed by atoms with Crippen molar-refractivity contribution in [2.45, 2.75) is 17.1 Å². The summed E-state index contributed by atoms with van der Waals surface area (Å²) in [6.45, 7) is 1.98. The Hall–Kier alpha value is -2.17. The van der Waals surface area contributed by atoms with E-state index in [-0.39, 0.29) is 11.4 Å². The van der Waals surface area contributed by atoms with Crippen molar-refractivity contribution >= 4 is 45.1 Å². The molecule has 0 atom stereocenters. The monoisotopic (exact) mass is 321 g/mol. The van der Waals surface area contributed by atoms with Gasteiger partial charge in [-0.1, -0.05) is 0 Å². The summed E-state index contributed by atoms with van der Waals surface area (Å²) in [7, 11) is 0.